The van der Waals surface area contributed by atoms with E-state index in [1.54, 1.807) is 13.8 Å². The first kappa shape index (κ1) is 13.4. The number of hydrogen-bond acceptors (Lipinski definition) is 4. The van der Waals surface area contributed by atoms with Crippen molar-refractivity contribution in [1.29, 1.82) is 0 Å². The molecule has 0 bridgehead atoms. The Morgan fingerprint density at radius 2 is 2.00 bits per heavy atom. The van der Waals surface area contributed by atoms with Crippen LogP contribution in [0.3, 0.4) is 0 Å². The number of sulfonamides is 1. The first-order chi connectivity index (χ1) is 6.37. The van der Waals surface area contributed by atoms with Gasteiger partial charge < -0.3 is 4.74 Å². The second-order valence-electron chi connectivity index (χ2n) is 3.27. The van der Waals surface area contributed by atoms with Crippen molar-refractivity contribution in [2.24, 2.45) is 0 Å². The number of methoxy groups -OCH3 is 1. The molecule has 14 heavy (non-hydrogen) atoms. The van der Waals surface area contributed by atoms with Crippen LogP contribution in [0.5, 0.6) is 0 Å². The van der Waals surface area contributed by atoms with Crippen molar-refractivity contribution in [3.63, 3.8) is 0 Å². The lowest BCUT2D eigenvalue weighted by Gasteiger charge is -2.08. The summed E-state index contributed by atoms with van der Waals surface area (Å²) in [4.78, 5) is 10.7. The SMILES string of the molecule is COC(=O)CCCS(=O)(=O)NC(C)C. The van der Waals surface area contributed by atoms with Crippen LogP contribution in [0.2, 0.25) is 0 Å². The third-order valence-electron chi connectivity index (χ3n) is 1.44. The number of esters is 1. The molecule has 0 rings (SSSR count). The molecule has 0 fully saturated rings. The Morgan fingerprint density at radius 1 is 1.43 bits per heavy atom. The Kier molecular flexibility index (Phi) is 5.71. The lowest BCUT2D eigenvalue weighted by Crippen LogP contribution is -2.32. The van der Waals surface area contributed by atoms with E-state index in [2.05, 4.69) is 9.46 Å². The van der Waals surface area contributed by atoms with Crippen molar-refractivity contribution >= 4 is 16.0 Å². The van der Waals surface area contributed by atoms with E-state index in [1.807, 2.05) is 0 Å². The van der Waals surface area contributed by atoms with E-state index in [0.717, 1.165) is 0 Å². The van der Waals surface area contributed by atoms with E-state index >= 15 is 0 Å². The Morgan fingerprint density at radius 3 is 2.43 bits per heavy atom. The molecule has 0 saturated carbocycles. The molecule has 1 N–H and O–H groups in total. The summed E-state index contributed by atoms with van der Waals surface area (Å²) in [6.45, 7) is 3.50. The number of ether oxygens (including phenoxy) is 1. The predicted octanol–water partition coefficient (Wildman–Crippen LogP) is 0.267. The second kappa shape index (κ2) is 5.98. The summed E-state index contributed by atoms with van der Waals surface area (Å²) < 4.78 is 29.3. The maximum Gasteiger partial charge on any atom is 0.305 e. The smallest absolute Gasteiger partial charge is 0.305 e. The van der Waals surface area contributed by atoms with Crippen LogP contribution >= 0.6 is 0 Å². The van der Waals surface area contributed by atoms with Gasteiger partial charge >= 0.3 is 5.97 Å². The summed E-state index contributed by atoms with van der Waals surface area (Å²) in [6.07, 6.45) is 0.421. The Balaban J connectivity index is 3.83. The first-order valence-electron chi connectivity index (χ1n) is 4.44. The van der Waals surface area contributed by atoms with Gasteiger partial charge in [-0.1, -0.05) is 0 Å². The van der Waals surface area contributed by atoms with Crippen molar-refractivity contribution in [2.45, 2.75) is 32.7 Å². The minimum absolute atomic E-state index is 0.0414. The third kappa shape index (κ3) is 6.85. The molecule has 0 aromatic heterocycles. The normalized spacial score (nSPS) is 11.7. The first-order valence-corrected chi connectivity index (χ1v) is 6.09. The zero-order valence-electron chi connectivity index (χ0n) is 8.74. The number of carbonyl (C=O) groups is 1. The number of carbonyl (C=O) groups excluding carboxylic acids is 1. The molecule has 0 saturated heterocycles. The molecule has 0 spiro atoms. The summed E-state index contributed by atoms with van der Waals surface area (Å²) in [6, 6.07) is -0.113. The maximum absolute atomic E-state index is 11.2. The molecule has 0 aliphatic carbocycles. The fourth-order valence-corrected chi connectivity index (χ4v) is 2.29. The Labute approximate surface area is 84.9 Å². The van der Waals surface area contributed by atoms with Gasteiger partial charge in [0.15, 0.2) is 0 Å². The number of nitrogens with one attached hydrogen (secondary N) is 1. The molecule has 84 valence electrons. The highest BCUT2D eigenvalue weighted by molar-refractivity contribution is 7.89. The zero-order valence-corrected chi connectivity index (χ0v) is 9.56. The van der Waals surface area contributed by atoms with E-state index in [0.29, 0.717) is 0 Å². The van der Waals surface area contributed by atoms with Gasteiger partial charge in [0.25, 0.3) is 0 Å². The van der Waals surface area contributed by atoms with Crippen molar-refractivity contribution in [3.8, 4) is 0 Å². The fraction of sp³-hybridized carbons (Fsp3) is 0.875. The third-order valence-corrected chi connectivity index (χ3v) is 3.09. The molecule has 0 aliphatic heterocycles. The van der Waals surface area contributed by atoms with Gasteiger partial charge in [-0.3, -0.25) is 4.79 Å². The standard InChI is InChI=1S/C8H17NO4S/c1-7(2)9-14(11,12)6-4-5-8(10)13-3/h7,9H,4-6H2,1-3H3. The van der Waals surface area contributed by atoms with Crippen molar-refractivity contribution in [2.75, 3.05) is 12.9 Å². The summed E-state index contributed by atoms with van der Waals surface area (Å²) in [5, 5.41) is 0. The number of hydrogen-bond donors (Lipinski definition) is 1. The van der Waals surface area contributed by atoms with Gasteiger partial charge in [-0.25, -0.2) is 13.1 Å². The van der Waals surface area contributed by atoms with Crippen LogP contribution in [0.15, 0.2) is 0 Å². The van der Waals surface area contributed by atoms with Crippen LogP contribution in [-0.4, -0.2) is 33.3 Å². The summed E-state index contributed by atoms with van der Waals surface area (Å²) >= 11 is 0. The van der Waals surface area contributed by atoms with Gasteiger partial charge in [0.05, 0.1) is 12.9 Å². The predicted molar refractivity (Wildman–Crippen MR) is 53.3 cm³/mol. The largest absolute Gasteiger partial charge is 0.469 e. The van der Waals surface area contributed by atoms with Crippen LogP contribution in [0, 0.1) is 0 Å². The fourth-order valence-electron chi connectivity index (χ4n) is 0.927. The van der Waals surface area contributed by atoms with Gasteiger partial charge in [-0.05, 0) is 20.3 Å². The molecular weight excluding hydrogens is 206 g/mol. The van der Waals surface area contributed by atoms with Crippen molar-refractivity contribution in [3.05, 3.63) is 0 Å². The zero-order chi connectivity index (χ0) is 11.2. The summed E-state index contributed by atoms with van der Waals surface area (Å²) in [5.74, 6) is -0.426. The monoisotopic (exact) mass is 223 g/mol. The van der Waals surface area contributed by atoms with E-state index in [1.165, 1.54) is 7.11 Å². The average Bonchev–Trinajstić information content (AvgIpc) is 2.01. The Hall–Kier alpha value is -0.620. The van der Waals surface area contributed by atoms with Gasteiger partial charge in [0.2, 0.25) is 10.0 Å². The van der Waals surface area contributed by atoms with Gasteiger partial charge in [0, 0.05) is 12.5 Å². The molecule has 0 radical (unpaired) electrons. The molecular formula is C8H17NO4S. The van der Waals surface area contributed by atoms with E-state index in [-0.39, 0.29) is 30.6 Å². The highest BCUT2D eigenvalue weighted by atomic mass is 32.2. The van der Waals surface area contributed by atoms with Crippen LogP contribution in [0.25, 0.3) is 0 Å². The lowest BCUT2D eigenvalue weighted by molar-refractivity contribution is -0.140. The highest BCUT2D eigenvalue weighted by Crippen LogP contribution is 1.97. The molecule has 0 heterocycles. The molecule has 0 atom stereocenters. The van der Waals surface area contributed by atoms with Crippen LogP contribution in [0.1, 0.15) is 26.7 Å². The van der Waals surface area contributed by atoms with Crippen LogP contribution in [0.4, 0.5) is 0 Å². The van der Waals surface area contributed by atoms with Crippen molar-refractivity contribution in [1.82, 2.24) is 4.72 Å². The van der Waals surface area contributed by atoms with Gasteiger partial charge in [-0.2, -0.15) is 0 Å². The van der Waals surface area contributed by atoms with Gasteiger partial charge in [0.1, 0.15) is 0 Å². The van der Waals surface area contributed by atoms with E-state index < -0.39 is 10.0 Å². The molecule has 5 nitrogen and oxygen atoms in total. The van der Waals surface area contributed by atoms with E-state index in [4.69, 9.17) is 0 Å². The topological polar surface area (TPSA) is 72.5 Å². The molecule has 0 unspecified atom stereocenters. The highest BCUT2D eigenvalue weighted by Gasteiger charge is 2.12. The van der Waals surface area contributed by atoms with Crippen molar-refractivity contribution < 1.29 is 17.9 Å². The van der Waals surface area contributed by atoms with Crippen LogP contribution in [-0.2, 0) is 19.6 Å². The molecule has 0 aromatic rings. The molecule has 6 heteroatoms. The van der Waals surface area contributed by atoms with E-state index in [9.17, 15) is 13.2 Å². The molecule has 0 aromatic carbocycles. The summed E-state index contributed by atoms with van der Waals surface area (Å²) in [7, 11) is -1.96. The maximum atomic E-state index is 11.2. The minimum atomic E-state index is -3.24. The van der Waals surface area contributed by atoms with Crippen LogP contribution < -0.4 is 4.72 Å². The minimum Gasteiger partial charge on any atom is -0.469 e. The second-order valence-corrected chi connectivity index (χ2v) is 5.14. The molecule has 0 aliphatic rings. The Bertz CT molecular complexity index is 271. The number of rotatable bonds is 6. The molecule has 0 amide bonds. The van der Waals surface area contributed by atoms with Gasteiger partial charge in [-0.15, -0.1) is 0 Å². The quantitative estimate of drug-likeness (QED) is 0.656. The average molecular weight is 223 g/mol. The summed E-state index contributed by atoms with van der Waals surface area (Å²) in [5.41, 5.74) is 0. The lowest BCUT2D eigenvalue weighted by atomic mass is 10.3.